The molecule has 0 bridgehead atoms. The molecule has 0 aliphatic carbocycles. The topological polar surface area (TPSA) is 117 Å². The first-order valence-electron chi connectivity index (χ1n) is 8.49. The molecule has 4 rings (SSSR count). The second-order valence-corrected chi connectivity index (χ2v) is 8.63. The van der Waals surface area contributed by atoms with E-state index in [2.05, 4.69) is 19.9 Å². The average molecular weight is 419 g/mol. The highest BCUT2D eigenvalue weighted by Crippen LogP contribution is 2.21. The van der Waals surface area contributed by atoms with Gasteiger partial charge in [0.1, 0.15) is 16.3 Å². The minimum absolute atomic E-state index is 0.0610. The summed E-state index contributed by atoms with van der Waals surface area (Å²) in [6.07, 6.45) is 1.33. The molecule has 0 radical (unpaired) electrons. The molecule has 2 aromatic heterocycles. The van der Waals surface area contributed by atoms with Gasteiger partial charge in [0.15, 0.2) is 0 Å². The zero-order valence-corrected chi connectivity index (χ0v) is 16.3. The van der Waals surface area contributed by atoms with Crippen LogP contribution in [0.1, 0.15) is 10.5 Å². The van der Waals surface area contributed by atoms with Gasteiger partial charge in [-0.05, 0) is 29.7 Å². The summed E-state index contributed by atoms with van der Waals surface area (Å²) in [6, 6.07) is 8.50. The van der Waals surface area contributed by atoms with Crippen molar-refractivity contribution in [1.82, 2.24) is 18.9 Å². The van der Waals surface area contributed by atoms with Crippen molar-refractivity contribution in [3.05, 3.63) is 47.6 Å². The van der Waals surface area contributed by atoms with Crippen molar-refractivity contribution in [2.45, 2.75) is 4.90 Å². The van der Waals surface area contributed by atoms with Crippen LogP contribution in [-0.2, 0) is 14.8 Å². The molecule has 0 saturated carbocycles. The second kappa shape index (κ2) is 7.80. The van der Waals surface area contributed by atoms with Gasteiger partial charge in [-0.1, -0.05) is 16.6 Å². The van der Waals surface area contributed by atoms with Crippen molar-refractivity contribution in [2.75, 3.05) is 31.6 Å². The van der Waals surface area contributed by atoms with E-state index in [0.717, 1.165) is 11.3 Å². The Balaban J connectivity index is 1.46. The first kappa shape index (κ1) is 18.7. The molecule has 0 atom stereocenters. The second-order valence-electron chi connectivity index (χ2n) is 6.09. The van der Waals surface area contributed by atoms with E-state index in [0.29, 0.717) is 32.0 Å². The Morgan fingerprint density at radius 2 is 1.96 bits per heavy atom. The fraction of sp³-hybridized carbons (Fsp3) is 0.235. The monoisotopic (exact) mass is 419 g/mol. The molecule has 3 heterocycles. The number of aromatic amines is 1. The first-order chi connectivity index (χ1) is 13.5. The maximum atomic E-state index is 12.6. The Bertz CT molecular complexity index is 1060. The molecule has 28 heavy (non-hydrogen) atoms. The largest absolute Gasteiger partial charge is 0.379 e. The van der Waals surface area contributed by atoms with Crippen LogP contribution in [0.3, 0.4) is 0 Å². The van der Waals surface area contributed by atoms with E-state index in [9.17, 15) is 13.2 Å². The SMILES string of the molecule is O=C(Nc1ccc(-c2csnn2)cc1)c1cc(S(=O)(=O)N2CCOCC2)c[nH]1. The van der Waals surface area contributed by atoms with E-state index in [1.165, 1.54) is 28.1 Å². The van der Waals surface area contributed by atoms with Crippen molar-refractivity contribution in [2.24, 2.45) is 0 Å². The van der Waals surface area contributed by atoms with Crippen LogP contribution in [0.2, 0.25) is 0 Å². The molecule has 0 unspecified atom stereocenters. The van der Waals surface area contributed by atoms with Gasteiger partial charge in [-0.3, -0.25) is 4.79 Å². The predicted molar refractivity (Wildman–Crippen MR) is 104 cm³/mol. The van der Waals surface area contributed by atoms with E-state index in [-0.39, 0.29) is 10.6 Å². The standard InChI is InChI=1S/C17H17N5O4S2/c23-17(19-13-3-1-12(2-4-13)16-11-27-21-20-16)15-9-14(10-18-15)28(24,25)22-5-7-26-8-6-22/h1-4,9-11,18H,5-8H2,(H,19,23). The number of nitrogens with zero attached hydrogens (tertiary/aromatic N) is 3. The minimum atomic E-state index is -3.65. The number of amides is 1. The van der Waals surface area contributed by atoms with Crippen LogP contribution in [0.5, 0.6) is 0 Å². The number of hydrogen-bond acceptors (Lipinski definition) is 7. The Labute approximate surface area is 165 Å². The molecule has 1 aliphatic heterocycles. The maximum absolute atomic E-state index is 12.6. The Morgan fingerprint density at radius 1 is 1.21 bits per heavy atom. The number of sulfonamides is 1. The highest BCUT2D eigenvalue weighted by molar-refractivity contribution is 7.89. The van der Waals surface area contributed by atoms with Gasteiger partial charge in [-0.25, -0.2) is 8.42 Å². The molecule has 146 valence electrons. The van der Waals surface area contributed by atoms with Gasteiger partial charge in [-0.15, -0.1) is 5.10 Å². The zero-order chi connectivity index (χ0) is 19.6. The molecule has 1 saturated heterocycles. The smallest absolute Gasteiger partial charge is 0.272 e. The summed E-state index contributed by atoms with van der Waals surface area (Å²) in [5.41, 5.74) is 2.42. The Morgan fingerprint density at radius 3 is 2.64 bits per heavy atom. The average Bonchev–Trinajstić information content (AvgIpc) is 3.42. The third-order valence-electron chi connectivity index (χ3n) is 4.31. The number of ether oxygens (including phenoxy) is 1. The van der Waals surface area contributed by atoms with Crippen LogP contribution in [0, 0.1) is 0 Å². The summed E-state index contributed by atoms with van der Waals surface area (Å²) in [7, 11) is -3.65. The molecule has 11 heteroatoms. The quantitative estimate of drug-likeness (QED) is 0.651. The fourth-order valence-corrected chi connectivity index (χ4v) is 4.67. The number of hydrogen-bond donors (Lipinski definition) is 2. The van der Waals surface area contributed by atoms with Gasteiger partial charge in [0.25, 0.3) is 5.91 Å². The number of morpholine rings is 1. The molecule has 1 fully saturated rings. The summed E-state index contributed by atoms with van der Waals surface area (Å²) < 4.78 is 35.6. The summed E-state index contributed by atoms with van der Waals surface area (Å²) in [4.78, 5) is 15.3. The zero-order valence-electron chi connectivity index (χ0n) is 14.7. The van der Waals surface area contributed by atoms with Crippen LogP contribution in [0.4, 0.5) is 5.69 Å². The van der Waals surface area contributed by atoms with Gasteiger partial charge in [0, 0.05) is 35.9 Å². The molecular formula is C17H17N5O4S2. The number of nitrogens with one attached hydrogen (secondary N) is 2. The highest BCUT2D eigenvalue weighted by Gasteiger charge is 2.28. The first-order valence-corrected chi connectivity index (χ1v) is 10.8. The van der Waals surface area contributed by atoms with E-state index >= 15 is 0 Å². The van der Waals surface area contributed by atoms with Crippen molar-refractivity contribution < 1.29 is 17.9 Å². The van der Waals surface area contributed by atoms with Gasteiger partial charge >= 0.3 is 0 Å². The van der Waals surface area contributed by atoms with Crippen LogP contribution < -0.4 is 5.32 Å². The van der Waals surface area contributed by atoms with Gasteiger partial charge in [-0.2, -0.15) is 4.31 Å². The molecular weight excluding hydrogens is 402 g/mol. The van der Waals surface area contributed by atoms with E-state index < -0.39 is 15.9 Å². The van der Waals surface area contributed by atoms with Crippen LogP contribution in [-0.4, -0.2) is 59.5 Å². The summed E-state index contributed by atoms with van der Waals surface area (Å²) >= 11 is 1.27. The highest BCUT2D eigenvalue weighted by atomic mass is 32.2. The molecule has 1 aliphatic rings. The van der Waals surface area contributed by atoms with Crippen LogP contribution in [0.25, 0.3) is 11.3 Å². The predicted octanol–water partition coefficient (Wildman–Crippen LogP) is 1.81. The lowest BCUT2D eigenvalue weighted by molar-refractivity contribution is 0.0730. The lowest BCUT2D eigenvalue weighted by Crippen LogP contribution is -2.40. The third kappa shape index (κ3) is 3.83. The van der Waals surface area contributed by atoms with Gasteiger partial charge < -0.3 is 15.0 Å². The summed E-state index contributed by atoms with van der Waals surface area (Å²) in [5.74, 6) is -0.425. The number of benzene rings is 1. The van der Waals surface area contributed by atoms with E-state index in [1.807, 2.05) is 17.5 Å². The molecule has 0 spiro atoms. The lowest BCUT2D eigenvalue weighted by atomic mass is 10.1. The number of aromatic nitrogens is 3. The van der Waals surface area contributed by atoms with Crippen LogP contribution >= 0.6 is 11.5 Å². The lowest BCUT2D eigenvalue weighted by Gasteiger charge is -2.25. The van der Waals surface area contributed by atoms with Crippen molar-refractivity contribution in [1.29, 1.82) is 0 Å². The minimum Gasteiger partial charge on any atom is -0.379 e. The van der Waals surface area contributed by atoms with Crippen molar-refractivity contribution in [3.63, 3.8) is 0 Å². The number of H-pyrrole nitrogens is 1. The molecule has 9 nitrogen and oxygen atoms in total. The van der Waals surface area contributed by atoms with Gasteiger partial charge in [0.05, 0.1) is 13.2 Å². The molecule has 3 aromatic rings. The summed E-state index contributed by atoms with van der Waals surface area (Å²) in [5, 5.41) is 8.58. The number of rotatable bonds is 5. The number of carbonyl (C=O) groups excluding carboxylic acids is 1. The normalized spacial score (nSPS) is 15.4. The molecule has 1 amide bonds. The molecule has 2 N–H and O–H groups in total. The maximum Gasteiger partial charge on any atom is 0.272 e. The van der Waals surface area contributed by atoms with Crippen molar-refractivity contribution >= 4 is 33.2 Å². The Kier molecular flexibility index (Phi) is 5.22. The van der Waals surface area contributed by atoms with Crippen molar-refractivity contribution in [3.8, 4) is 11.3 Å². The van der Waals surface area contributed by atoms with Crippen LogP contribution in [0.15, 0.2) is 46.8 Å². The fourth-order valence-electron chi connectivity index (χ4n) is 2.80. The molecule has 1 aromatic carbocycles. The summed E-state index contributed by atoms with van der Waals surface area (Å²) in [6.45, 7) is 1.33. The number of carbonyl (C=O) groups is 1. The Hall–Kier alpha value is -2.60. The van der Waals surface area contributed by atoms with Gasteiger partial charge in [0.2, 0.25) is 10.0 Å². The van der Waals surface area contributed by atoms with E-state index in [4.69, 9.17) is 4.74 Å². The number of anilines is 1. The van der Waals surface area contributed by atoms with E-state index in [1.54, 1.807) is 12.1 Å². The third-order valence-corrected chi connectivity index (χ3v) is 6.69.